The fraction of sp³-hybridized carbons (Fsp3) is 0.333. The van der Waals surface area contributed by atoms with Gasteiger partial charge in [-0.15, -0.1) is 5.10 Å². The maximum Gasteiger partial charge on any atom is 0.253 e. The molecule has 3 N–H and O–H groups in total. The third kappa shape index (κ3) is 2.83. The van der Waals surface area contributed by atoms with E-state index in [9.17, 15) is 9.59 Å². The molecular weight excluding hydrogens is 332 g/mol. The minimum Gasteiger partial charge on any atom is -0.398 e. The Morgan fingerprint density at radius 2 is 2.15 bits per heavy atom. The van der Waals surface area contributed by atoms with Crippen LogP contribution in [0.5, 0.6) is 0 Å². The average molecular weight is 352 g/mol. The number of aromatic nitrogens is 4. The number of rotatable bonds is 4. The van der Waals surface area contributed by atoms with Crippen molar-refractivity contribution < 1.29 is 9.59 Å². The van der Waals surface area contributed by atoms with E-state index in [0.29, 0.717) is 11.5 Å². The van der Waals surface area contributed by atoms with Gasteiger partial charge in [0.25, 0.3) is 5.91 Å². The van der Waals surface area contributed by atoms with Gasteiger partial charge in [0.05, 0.1) is 11.7 Å². The Morgan fingerprint density at radius 1 is 1.35 bits per heavy atom. The molecule has 1 aliphatic rings. The van der Waals surface area contributed by atoms with Crippen LogP contribution in [-0.2, 0) is 11.3 Å². The van der Waals surface area contributed by atoms with Crippen LogP contribution in [-0.4, -0.2) is 31.4 Å². The number of hydrogen-bond donors (Lipinski definition) is 2. The predicted molar refractivity (Wildman–Crippen MR) is 97.7 cm³/mol. The van der Waals surface area contributed by atoms with Gasteiger partial charge < -0.3 is 11.1 Å². The molecule has 2 heterocycles. The summed E-state index contributed by atoms with van der Waals surface area (Å²) in [6.07, 6.45) is 4.50. The fourth-order valence-corrected chi connectivity index (χ4v) is 3.26. The molecule has 0 saturated heterocycles. The van der Waals surface area contributed by atoms with Crippen molar-refractivity contribution in [1.82, 2.24) is 19.6 Å². The lowest BCUT2D eigenvalue weighted by Gasteiger charge is -2.23. The van der Waals surface area contributed by atoms with Gasteiger partial charge in [-0.3, -0.25) is 14.2 Å². The van der Waals surface area contributed by atoms with E-state index in [1.807, 2.05) is 31.2 Å². The summed E-state index contributed by atoms with van der Waals surface area (Å²) in [6.45, 7) is 1.88. The Labute approximate surface area is 150 Å². The molecular formula is C18H20N6O2. The van der Waals surface area contributed by atoms with Crippen LogP contribution >= 0.6 is 0 Å². The highest BCUT2D eigenvalue weighted by Gasteiger charge is 2.25. The SMILES string of the molecule is Cc1cc2c(N)cccc2n1C(=O)Cn1cc(NC(=O)C2CCC2)nn1. The van der Waals surface area contributed by atoms with E-state index in [1.54, 1.807) is 10.8 Å². The highest BCUT2D eigenvalue weighted by Crippen LogP contribution is 2.27. The van der Waals surface area contributed by atoms with Crippen molar-refractivity contribution in [3.63, 3.8) is 0 Å². The molecule has 1 saturated carbocycles. The predicted octanol–water partition coefficient (Wildman–Crippen LogP) is 2.20. The molecule has 0 atom stereocenters. The lowest BCUT2D eigenvalue weighted by molar-refractivity contribution is -0.122. The van der Waals surface area contributed by atoms with Gasteiger partial charge in [0.1, 0.15) is 6.54 Å². The van der Waals surface area contributed by atoms with Crippen LogP contribution in [0.3, 0.4) is 0 Å². The first-order chi connectivity index (χ1) is 12.5. The van der Waals surface area contributed by atoms with E-state index >= 15 is 0 Å². The number of nitrogens with two attached hydrogens (primary N) is 1. The van der Waals surface area contributed by atoms with Crippen LogP contribution in [0, 0.1) is 12.8 Å². The molecule has 26 heavy (non-hydrogen) atoms. The summed E-state index contributed by atoms with van der Waals surface area (Å²) in [5.41, 5.74) is 8.20. The molecule has 1 aromatic carbocycles. The summed E-state index contributed by atoms with van der Waals surface area (Å²) in [7, 11) is 0. The zero-order chi connectivity index (χ0) is 18.3. The van der Waals surface area contributed by atoms with Crippen LogP contribution in [0.4, 0.5) is 11.5 Å². The summed E-state index contributed by atoms with van der Waals surface area (Å²) >= 11 is 0. The van der Waals surface area contributed by atoms with Gasteiger partial charge in [-0.2, -0.15) is 0 Å². The standard InChI is InChI=1S/C18H20N6O2/c1-11-8-13-14(19)6-3-7-15(13)24(11)17(25)10-23-9-16(21-22-23)20-18(26)12-4-2-5-12/h3,6-9,12H,2,4-5,10,19H2,1H3,(H,20,26). The zero-order valence-electron chi connectivity index (χ0n) is 14.5. The van der Waals surface area contributed by atoms with Crippen molar-refractivity contribution >= 4 is 34.2 Å². The lowest BCUT2D eigenvalue weighted by Crippen LogP contribution is -2.28. The summed E-state index contributed by atoms with van der Waals surface area (Å²) in [4.78, 5) is 24.7. The van der Waals surface area contributed by atoms with Crippen LogP contribution < -0.4 is 11.1 Å². The van der Waals surface area contributed by atoms with Crippen molar-refractivity contribution in [3.8, 4) is 0 Å². The van der Waals surface area contributed by atoms with Crippen LogP contribution in [0.1, 0.15) is 29.8 Å². The second-order valence-electron chi connectivity index (χ2n) is 6.71. The molecule has 0 unspecified atom stereocenters. The minimum atomic E-state index is -0.148. The summed E-state index contributed by atoms with van der Waals surface area (Å²) in [6, 6.07) is 7.39. The molecule has 8 nitrogen and oxygen atoms in total. The first-order valence-corrected chi connectivity index (χ1v) is 8.63. The third-order valence-electron chi connectivity index (χ3n) is 4.88. The largest absolute Gasteiger partial charge is 0.398 e. The monoisotopic (exact) mass is 352 g/mol. The Morgan fingerprint density at radius 3 is 2.88 bits per heavy atom. The molecule has 0 spiro atoms. The Hall–Kier alpha value is -3.16. The van der Waals surface area contributed by atoms with Crippen molar-refractivity contribution in [3.05, 3.63) is 36.2 Å². The van der Waals surface area contributed by atoms with Crippen molar-refractivity contribution in [2.45, 2.75) is 32.7 Å². The molecule has 4 rings (SSSR count). The van der Waals surface area contributed by atoms with Gasteiger partial charge >= 0.3 is 0 Å². The first-order valence-electron chi connectivity index (χ1n) is 8.63. The molecule has 1 amide bonds. The topological polar surface area (TPSA) is 108 Å². The molecule has 1 aliphatic carbocycles. The molecule has 1 fully saturated rings. The van der Waals surface area contributed by atoms with E-state index in [0.717, 1.165) is 35.9 Å². The number of fused-ring (bicyclic) bond motifs is 1. The van der Waals surface area contributed by atoms with Crippen molar-refractivity contribution in [1.29, 1.82) is 0 Å². The third-order valence-corrected chi connectivity index (χ3v) is 4.88. The smallest absolute Gasteiger partial charge is 0.253 e. The van der Waals surface area contributed by atoms with Gasteiger partial charge in [0.15, 0.2) is 5.82 Å². The lowest BCUT2D eigenvalue weighted by atomic mass is 9.85. The van der Waals surface area contributed by atoms with E-state index in [-0.39, 0.29) is 24.3 Å². The highest BCUT2D eigenvalue weighted by atomic mass is 16.2. The molecule has 0 aliphatic heterocycles. The Balaban J connectivity index is 1.51. The van der Waals surface area contributed by atoms with Crippen LogP contribution in [0.15, 0.2) is 30.5 Å². The van der Waals surface area contributed by atoms with Gasteiger partial charge in [-0.1, -0.05) is 17.7 Å². The molecule has 0 radical (unpaired) electrons. The minimum absolute atomic E-state index is 0.0196. The normalized spacial score (nSPS) is 14.3. The number of nitrogens with one attached hydrogen (secondary N) is 1. The number of anilines is 2. The quantitative estimate of drug-likeness (QED) is 0.700. The molecule has 2 aromatic heterocycles. The molecule has 3 aromatic rings. The maximum atomic E-state index is 12.8. The number of nitrogens with zero attached hydrogens (tertiary/aromatic N) is 4. The number of carbonyl (C=O) groups excluding carboxylic acids is 2. The Kier molecular flexibility index (Phi) is 3.95. The average Bonchev–Trinajstić information content (AvgIpc) is 3.09. The van der Waals surface area contributed by atoms with E-state index in [2.05, 4.69) is 15.6 Å². The van der Waals surface area contributed by atoms with Crippen LogP contribution in [0.25, 0.3) is 10.9 Å². The van der Waals surface area contributed by atoms with E-state index in [4.69, 9.17) is 5.73 Å². The number of carbonyl (C=O) groups is 2. The highest BCUT2D eigenvalue weighted by molar-refractivity contribution is 5.99. The number of nitrogen functional groups attached to an aromatic ring is 1. The molecule has 134 valence electrons. The maximum absolute atomic E-state index is 12.8. The van der Waals surface area contributed by atoms with Gasteiger partial charge in [0.2, 0.25) is 5.91 Å². The number of benzene rings is 1. The van der Waals surface area contributed by atoms with Crippen LogP contribution in [0.2, 0.25) is 0 Å². The molecule has 8 heteroatoms. The summed E-state index contributed by atoms with van der Waals surface area (Å²) < 4.78 is 3.05. The second kappa shape index (κ2) is 6.29. The summed E-state index contributed by atoms with van der Waals surface area (Å²) in [5.74, 6) is 0.261. The second-order valence-corrected chi connectivity index (χ2v) is 6.71. The first kappa shape index (κ1) is 16.3. The van der Waals surface area contributed by atoms with Gasteiger partial charge in [-0.25, -0.2) is 4.68 Å². The fourth-order valence-electron chi connectivity index (χ4n) is 3.26. The van der Waals surface area contributed by atoms with E-state index < -0.39 is 0 Å². The molecule has 0 bridgehead atoms. The number of amides is 1. The van der Waals surface area contributed by atoms with Crippen molar-refractivity contribution in [2.75, 3.05) is 11.1 Å². The van der Waals surface area contributed by atoms with Crippen molar-refractivity contribution in [2.24, 2.45) is 5.92 Å². The van der Waals surface area contributed by atoms with E-state index in [1.165, 1.54) is 4.68 Å². The number of hydrogen-bond acceptors (Lipinski definition) is 5. The number of aryl methyl sites for hydroxylation is 1. The zero-order valence-corrected chi connectivity index (χ0v) is 14.5. The Bertz CT molecular complexity index is 998. The van der Waals surface area contributed by atoms with Gasteiger partial charge in [-0.05, 0) is 38.0 Å². The summed E-state index contributed by atoms with van der Waals surface area (Å²) in [5, 5.41) is 11.5. The van der Waals surface area contributed by atoms with Gasteiger partial charge in [0, 0.05) is 22.7 Å².